The van der Waals surface area contributed by atoms with Gasteiger partial charge < -0.3 is 4.98 Å². The first kappa shape index (κ1) is 17.3. The first-order valence-electron chi connectivity index (χ1n) is 7.36. The number of sulfonamides is 1. The summed E-state index contributed by atoms with van der Waals surface area (Å²) in [5.41, 5.74) is -2.81. The van der Waals surface area contributed by atoms with Gasteiger partial charge in [-0.25, -0.2) is 4.98 Å². The van der Waals surface area contributed by atoms with Crippen LogP contribution in [0.25, 0.3) is 11.0 Å². The highest BCUT2D eigenvalue weighted by atomic mass is 32.2. The van der Waals surface area contributed by atoms with Crippen LogP contribution in [0.2, 0.25) is 0 Å². The molecule has 0 radical (unpaired) electrons. The molecule has 0 fully saturated rings. The molecule has 5 nitrogen and oxygen atoms in total. The van der Waals surface area contributed by atoms with Crippen molar-refractivity contribution in [3.63, 3.8) is 0 Å². The lowest BCUT2D eigenvalue weighted by atomic mass is 10.1. The average Bonchev–Trinajstić information content (AvgIpc) is 2.96. The van der Waals surface area contributed by atoms with E-state index in [0.717, 1.165) is 22.4 Å². The molecule has 3 rings (SSSR count). The van der Waals surface area contributed by atoms with Gasteiger partial charge in [0.25, 0.3) is 0 Å². The third kappa shape index (κ3) is 3.93. The van der Waals surface area contributed by atoms with E-state index in [1.165, 1.54) is 16.9 Å². The number of anilines is 1. The minimum Gasteiger partial charge on any atom is -0.342 e. The number of alkyl halides is 3. The second-order valence-corrected chi connectivity index (χ2v) is 7.12. The lowest BCUT2D eigenvalue weighted by Gasteiger charge is -2.10. The number of imidazole rings is 1. The smallest absolute Gasteiger partial charge is 0.342 e. The summed E-state index contributed by atoms with van der Waals surface area (Å²) in [5.74, 6) is 0.808. The summed E-state index contributed by atoms with van der Waals surface area (Å²) in [4.78, 5) is 7.65. The number of hydrogen-bond acceptors (Lipinski definition) is 3. The summed E-state index contributed by atoms with van der Waals surface area (Å²) in [6.45, 7) is 0. The van der Waals surface area contributed by atoms with Gasteiger partial charge in [0.1, 0.15) is 5.82 Å². The molecule has 0 aliphatic rings. The molecule has 25 heavy (non-hydrogen) atoms. The van der Waals surface area contributed by atoms with Crippen LogP contribution < -0.4 is 4.72 Å². The minimum atomic E-state index is -5.40. The van der Waals surface area contributed by atoms with E-state index in [4.69, 9.17) is 0 Å². The van der Waals surface area contributed by atoms with Crippen molar-refractivity contribution in [1.29, 1.82) is 0 Å². The Labute approximate surface area is 142 Å². The Morgan fingerprint density at radius 1 is 1.00 bits per heavy atom. The number of nitrogens with zero attached hydrogens (tertiary/aromatic N) is 1. The molecule has 2 N–H and O–H groups in total. The van der Waals surface area contributed by atoms with Gasteiger partial charge >= 0.3 is 15.5 Å². The fourth-order valence-corrected chi connectivity index (χ4v) is 2.90. The number of para-hydroxylation sites is 2. The molecule has 1 heterocycles. The Balaban J connectivity index is 1.64. The zero-order valence-corrected chi connectivity index (χ0v) is 13.7. The number of nitrogens with one attached hydrogen (secondary N) is 2. The van der Waals surface area contributed by atoms with Crippen molar-refractivity contribution in [2.75, 3.05) is 4.72 Å². The standard InChI is InChI=1S/C16H14F3N3O2S/c17-16(18,19)25(23,24)22-12-8-5-11(6-9-12)7-10-15-20-13-3-1-2-4-14(13)21-15/h1-6,8-9,22H,7,10H2,(H,20,21). The van der Waals surface area contributed by atoms with Crippen molar-refractivity contribution in [2.24, 2.45) is 0 Å². The van der Waals surface area contributed by atoms with Gasteiger partial charge in [0.15, 0.2) is 0 Å². The van der Waals surface area contributed by atoms with Crippen LogP contribution in [0.4, 0.5) is 18.9 Å². The van der Waals surface area contributed by atoms with Crippen LogP contribution in [0, 0.1) is 0 Å². The number of H-pyrrole nitrogens is 1. The lowest BCUT2D eigenvalue weighted by Crippen LogP contribution is -2.29. The summed E-state index contributed by atoms with van der Waals surface area (Å²) in [6, 6.07) is 13.4. The summed E-state index contributed by atoms with van der Waals surface area (Å²) < 4.78 is 60.6. The number of aromatic amines is 1. The molecule has 0 saturated heterocycles. The topological polar surface area (TPSA) is 74.8 Å². The van der Waals surface area contributed by atoms with E-state index in [1.54, 1.807) is 12.1 Å². The molecule has 0 saturated carbocycles. The van der Waals surface area contributed by atoms with E-state index in [0.29, 0.717) is 12.8 Å². The lowest BCUT2D eigenvalue weighted by molar-refractivity contribution is -0.0429. The van der Waals surface area contributed by atoms with Crippen LogP contribution in [0.1, 0.15) is 11.4 Å². The van der Waals surface area contributed by atoms with E-state index < -0.39 is 15.5 Å². The summed E-state index contributed by atoms with van der Waals surface area (Å²) >= 11 is 0. The molecule has 0 aliphatic heterocycles. The highest BCUT2D eigenvalue weighted by Gasteiger charge is 2.45. The molecule has 0 bridgehead atoms. The van der Waals surface area contributed by atoms with Crippen LogP contribution in [0.3, 0.4) is 0 Å². The number of fused-ring (bicyclic) bond motifs is 1. The molecular weight excluding hydrogens is 355 g/mol. The van der Waals surface area contributed by atoms with Gasteiger partial charge in [-0.1, -0.05) is 24.3 Å². The number of aryl methyl sites for hydroxylation is 2. The fraction of sp³-hybridized carbons (Fsp3) is 0.188. The maximum absolute atomic E-state index is 12.3. The summed E-state index contributed by atoms with van der Waals surface area (Å²) in [6.07, 6.45) is 1.24. The van der Waals surface area contributed by atoms with Crippen molar-refractivity contribution >= 4 is 26.7 Å². The molecule has 1 aromatic heterocycles. The van der Waals surface area contributed by atoms with Crippen LogP contribution in [0.5, 0.6) is 0 Å². The van der Waals surface area contributed by atoms with Gasteiger partial charge in [-0.2, -0.15) is 21.6 Å². The molecule has 9 heteroatoms. The monoisotopic (exact) mass is 369 g/mol. The molecular formula is C16H14F3N3O2S. The third-order valence-electron chi connectivity index (χ3n) is 3.60. The largest absolute Gasteiger partial charge is 0.516 e. The first-order valence-corrected chi connectivity index (χ1v) is 8.84. The first-order chi connectivity index (χ1) is 11.7. The number of benzene rings is 2. The second kappa shape index (κ2) is 6.40. The Morgan fingerprint density at radius 2 is 1.68 bits per heavy atom. The minimum absolute atomic E-state index is 0.134. The Bertz CT molecular complexity index is 947. The maximum Gasteiger partial charge on any atom is 0.516 e. The van der Waals surface area contributed by atoms with Crippen molar-refractivity contribution in [3.05, 3.63) is 59.9 Å². The van der Waals surface area contributed by atoms with Crippen LogP contribution in [-0.4, -0.2) is 23.9 Å². The van der Waals surface area contributed by atoms with E-state index in [9.17, 15) is 21.6 Å². The Morgan fingerprint density at radius 3 is 2.32 bits per heavy atom. The van der Waals surface area contributed by atoms with Gasteiger partial charge in [0.05, 0.1) is 11.0 Å². The van der Waals surface area contributed by atoms with Crippen LogP contribution >= 0.6 is 0 Å². The van der Waals surface area contributed by atoms with Crippen LogP contribution in [0.15, 0.2) is 48.5 Å². The quantitative estimate of drug-likeness (QED) is 0.721. The van der Waals surface area contributed by atoms with Crippen molar-refractivity contribution in [3.8, 4) is 0 Å². The average molecular weight is 369 g/mol. The summed E-state index contributed by atoms with van der Waals surface area (Å²) in [7, 11) is -5.40. The molecule has 0 amide bonds. The molecule has 0 unspecified atom stereocenters. The van der Waals surface area contributed by atoms with Crippen molar-refractivity contribution in [1.82, 2.24) is 9.97 Å². The van der Waals surface area contributed by atoms with Gasteiger partial charge in [-0.05, 0) is 36.2 Å². The van der Waals surface area contributed by atoms with E-state index in [-0.39, 0.29) is 5.69 Å². The predicted molar refractivity (Wildman–Crippen MR) is 88.5 cm³/mol. The second-order valence-electron chi connectivity index (χ2n) is 5.45. The maximum atomic E-state index is 12.3. The van der Waals surface area contributed by atoms with Crippen molar-refractivity contribution < 1.29 is 21.6 Å². The zero-order chi connectivity index (χ0) is 18.1. The zero-order valence-electron chi connectivity index (χ0n) is 12.8. The number of aromatic nitrogens is 2. The van der Waals surface area contributed by atoms with E-state index in [2.05, 4.69) is 9.97 Å². The number of rotatable bonds is 5. The van der Waals surface area contributed by atoms with Gasteiger partial charge in [-0.15, -0.1) is 0 Å². The Hall–Kier alpha value is -2.55. The number of halogens is 3. The molecule has 0 aliphatic carbocycles. The SMILES string of the molecule is O=S(=O)(Nc1ccc(CCc2nc3ccccc3[nH]2)cc1)C(F)(F)F. The van der Waals surface area contributed by atoms with Crippen LogP contribution in [-0.2, 0) is 22.9 Å². The van der Waals surface area contributed by atoms with E-state index >= 15 is 0 Å². The third-order valence-corrected chi connectivity index (χ3v) is 4.71. The normalized spacial score (nSPS) is 12.4. The molecule has 2 aromatic carbocycles. The van der Waals surface area contributed by atoms with Crippen molar-refractivity contribution in [2.45, 2.75) is 18.3 Å². The predicted octanol–water partition coefficient (Wildman–Crippen LogP) is 3.61. The molecule has 0 spiro atoms. The molecule has 0 atom stereocenters. The van der Waals surface area contributed by atoms with Gasteiger partial charge in [0.2, 0.25) is 0 Å². The summed E-state index contributed by atoms with van der Waals surface area (Å²) in [5, 5.41) is 0. The Kier molecular flexibility index (Phi) is 4.42. The fourth-order valence-electron chi connectivity index (χ4n) is 2.34. The molecule has 3 aromatic rings. The van der Waals surface area contributed by atoms with Gasteiger partial charge in [0, 0.05) is 12.1 Å². The number of hydrogen-bond donors (Lipinski definition) is 2. The highest BCUT2D eigenvalue weighted by Crippen LogP contribution is 2.25. The van der Waals surface area contributed by atoms with E-state index in [1.807, 2.05) is 24.3 Å². The van der Waals surface area contributed by atoms with Gasteiger partial charge in [-0.3, -0.25) is 4.72 Å². The molecule has 132 valence electrons. The highest BCUT2D eigenvalue weighted by molar-refractivity contribution is 7.93.